The van der Waals surface area contributed by atoms with Crippen molar-refractivity contribution in [3.63, 3.8) is 0 Å². The summed E-state index contributed by atoms with van der Waals surface area (Å²) in [7, 11) is 0. The molecule has 2 fully saturated rings. The van der Waals surface area contributed by atoms with Gasteiger partial charge in [0.25, 0.3) is 0 Å². The standard InChI is InChI=1S/C15H13Cl2NO3/c16-8-4-5-12(17)11(6-8)13(19)7-18-14(20)9-2-1-3-10(9)15(18)21/h4-6,9-10H,1-3,7H2. The summed E-state index contributed by atoms with van der Waals surface area (Å²) in [4.78, 5) is 37.8. The van der Waals surface area contributed by atoms with Gasteiger partial charge in [-0.05, 0) is 31.0 Å². The maximum Gasteiger partial charge on any atom is 0.233 e. The fraction of sp³-hybridized carbons (Fsp3) is 0.400. The van der Waals surface area contributed by atoms with Gasteiger partial charge < -0.3 is 0 Å². The average molecular weight is 326 g/mol. The molecule has 1 saturated heterocycles. The number of carbonyl (C=O) groups excluding carboxylic acids is 3. The largest absolute Gasteiger partial charge is 0.292 e. The predicted molar refractivity (Wildman–Crippen MR) is 78.3 cm³/mol. The van der Waals surface area contributed by atoms with Gasteiger partial charge in [-0.3, -0.25) is 19.3 Å². The summed E-state index contributed by atoms with van der Waals surface area (Å²) in [6.07, 6.45) is 2.37. The Kier molecular flexibility index (Phi) is 3.76. The number of benzene rings is 1. The van der Waals surface area contributed by atoms with Gasteiger partial charge in [0, 0.05) is 10.6 Å². The van der Waals surface area contributed by atoms with Crippen LogP contribution in [0, 0.1) is 11.8 Å². The fourth-order valence-electron chi connectivity index (χ4n) is 3.16. The highest BCUT2D eigenvalue weighted by atomic mass is 35.5. The van der Waals surface area contributed by atoms with E-state index in [4.69, 9.17) is 23.2 Å². The number of hydrogen-bond donors (Lipinski definition) is 0. The number of rotatable bonds is 3. The average Bonchev–Trinajstić information content (AvgIpc) is 3.01. The third-order valence-electron chi connectivity index (χ3n) is 4.21. The zero-order chi connectivity index (χ0) is 15.1. The Hall–Kier alpha value is -1.39. The second-order valence-corrected chi connectivity index (χ2v) is 6.30. The normalized spacial score (nSPS) is 24.6. The Labute approximate surface area is 132 Å². The van der Waals surface area contributed by atoms with Gasteiger partial charge in [-0.25, -0.2) is 0 Å². The van der Waals surface area contributed by atoms with Crippen molar-refractivity contribution in [2.75, 3.05) is 6.54 Å². The van der Waals surface area contributed by atoms with Crippen molar-refractivity contribution in [2.24, 2.45) is 11.8 Å². The van der Waals surface area contributed by atoms with E-state index in [9.17, 15) is 14.4 Å². The Morgan fingerprint density at radius 2 is 1.76 bits per heavy atom. The van der Waals surface area contributed by atoms with Gasteiger partial charge in [0.1, 0.15) is 0 Å². The lowest BCUT2D eigenvalue weighted by atomic mass is 10.00. The molecule has 0 radical (unpaired) electrons. The number of halogens is 2. The molecule has 0 aromatic heterocycles. The highest BCUT2D eigenvalue weighted by molar-refractivity contribution is 6.36. The number of likely N-dealkylation sites (tertiary alicyclic amines) is 1. The van der Waals surface area contributed by atoms with E-state index in [-0.39, 0.29) is 46.6 Å². The number of fused-ring (bicyclic) bond motifs is 1. The van der Waals surface area contributed by atoms with Gasteiger partial charge in [-0.1, -0.05) is 29.6 Å². The topological polar surface area (TPSA) is 54.5 Å². The molecule has 6 heteroatoms. The van der Waals surface area contributed by atoms with Gasteiger partial charge in [-0.2, -0.15) is 0 Å². The third-order valence-corrected chi connectivity index (χ3v) is 4.78. The van der Waals surface area contributed by atoms with Crippen molar-refractivity contribution >= 4 is 40.8 Å². The summed E-state index contributed by atoms with van der Waals surface area (Å²) in [5, 5.41) is 0.655. The van der Waals surface area contributed by atoms with E-state index in [0.29, 0.717) is 5.02 Å². The van der Waals surface area contributed by atoms with Crippen molar-refractivity contribution in [3.05, 3.63) is 33.8 Å². The van der Waals surface area contributed by atoms with Crippen molar-refractivity contribution in [1.29, 1.82) is 0 Å². The molecule has 4 nitrogen and oxygen atoms in total. The molecular weight excluding hydrogens is 313 g/mol. The minimum Gasteiger partial charge on any atom is -0.292 e. The minimum atomic E-state index is -0.371. The van der Waals surface area contributed by atoms with Gasteiger partial charge in [-0.15, -0.1) is 0 Å². The summed E-state index contributed by atoms with van der Waals surface area (Å²) >= 11 is 11.8. The van der Waals surface area contributed by atoms with Crippen LogP contribution in [-0.2, 0) is 9.59 Å². The number of nitrogens with zero attached hydrogens (tertiary/aromatic N) is 1. The number of Topliss-reactive ketones (excluding diaryl/α,β-unsaturated/α-hetero) is 1. The molecule has 1 heterocycles. The van der Waals surface area contributed by atoms with Crippen LogP contribution in [0.4, 0.5) is 0 Å². The van der Waals surface area contributed by atoms with Crippen LogP contribution in [-0.4, -0.2) is 29.0 Å². The van der Waals surface area contributed by atoms with E-state index < -0.39 is 0 Å². The SMILES string of the molecule is O=C(CN1C(=O)C2CCCC2C1=O)c1cc(Cl)ccc1Cl. The molecular formula is C15H13Cl2NO3. The van der Waals surface area contributed by atoms with Crippen LogP contribution >= 0.6 is 23.2 Å². The molecule has 2 amide bonds. The first-order chi connectivity index (χ1) is 9.99. The monoisotopic (exact) mass is 325 g/mol. The van der Waals surface area contributed by atoms with Gasteiger partial charge in [0.15, 0.2) is 5.78 Å². The fourth-order valence-corrected chi connectivity index (χ4v) is 3.55. The number of carbonyl (C=O) groups is 3. The van der Waals surface area contributed by atoms with Gasteiger partial charge >= 0.3 is 0 Å². The number of hydrogen-bond acceptors (Lipinski definition) is 3. The van der Waals surface area contributed by atoms with Crippen molar-refractivity contribution in [3.8, 4) is 0 Å². The van der Waals surface area contributed by atoms with Crippen molar-refractivity contribution in [2.45, 2.75) is 19.3 Å². The molecule has 2 atom stereocenters. The van der Waals surface area contributed by atoms with E-state index in [1.807, 2.05) is 0 Å². The van der Waals surface area contributed by atoms with Crippen LogP contribution in [0.3, 0.4) is 0 Å². The molecule has 2 aliphatic rings. The Morgan fingerprint density at radius 3 is 2.38 bits per heavy atom. The second kappa shape index (κ2) is 5.43. The molecule has 0 bridgehead atoms. The lowest BCUT2D eigenvalue weighted by Gasteiger charge is -2.15. The molecule has 1 aromatic carbocycles. The van der Waals surface area contributed by atoms with E-state index >= 15 is 0 Å². The molecule has 21 heavy (non-hydrogen) atoms. The summed E-state index contributed by atoms with van der Waals surface area (Å²) < 4.78 is 0. The molecule has 110 valence electrons. The summed E-state index contributed by atoms with van der Waals surface area (Å²) in [5.74, 6) is -1.30. The first-order valence-electron chi connectivity index (χ1n) is 6.82. The quantitative estimate of drug-likeness (QED) is 0.634. The molecule has 1 aromatic rings. The molecule has 3 rings (SSSR count). The number of amides is 2. The van der Waals surface area contributed by atoms with Crippen LogP contribution in [0.15, 0.2) is 18.2 Å². The summed E-state index contributed by atoms with van der Waals surface area (Å²) in [5.41, 5.74) is 0.238. The Morgan fingerprint density at radius 1 is 1.14 bits per heavy atom. The van der Waals surface area contributed by atoms with E-state index in [2.05, 4.69) is 0 Å². The first-order valence-corrected chi connectivity index (χ1v) is 7.58. The van der Waals surface area contributed by atoms with E-state index in [1.54, 1.807) is 6.07 Å². The van der Waals surface area contributed by atoms with Crippen LogP contribution < -0.4 is 0 Å². The second-order valence-electron chi connectivity index (χ2n) is 5.45. The van der Waals surface area contributed by atoms with Crippen LogP contribution in [0.2, 0.25) is 10.0 Å². The highest BCUT2D eigenvalue weighted by Gasteiger charge is 2.50. The number of ketones is 1. The predicted octanol–water partition coefficient (Wildman–Crippen LogP) is 2.96. The van der Waals surface area contributed by atoms with Crippen molar-refractivity contribution in [1.82, 2.24) is 4.90 Å². The molecule has 2 unspecified atom stereocenters. The maximum absolute atomic E-state index is 12.3. The zero-order valence-corrected chi connectivity index (χ0v) is 12.7. The molecule has 1 aliphatic carbocycles. The molecule has 0 spiro atoms. The number of imide groups is 1. The lowest BCUT2D eigenvalue weighted by molar-refractivity contribution is -0.139. The van der Waals surface area contributed by atoms with Crippen LogP contribution in [0.25, 0.3) is 0 Å². The van der Waals surface area contributed by atoms with Crippen molar-refractivity contribution < 1.29 is 14.4 Å². The first kappa shape index (κ1) is 14.5. The maximum atomic E-state index is 12.3. The zero-order valence-electron chi connectivity index (χ0n) is 11.1. The highest BCUT2D eigenvalue weighted by Crippen LogP contribution is 2.39. The molecule has 1 saturated carbocycles. The summed E-state index contributed by atoms with van der Waals surface area (Å²) in [6.45, 7) is -0.259. The third kappa shape index (κ3) is 2.47. The minimum absolute atomic E-state index is 0.228. The van der Waals surface area contributed by atoms with Gasteiger partial charge in [0.05, 0.1) is 23.4 Å². The Balaban J connectivity index is 1.80. The Bertz CT molecular complexity index is 622. The molecule has 1 aliphatic heterocycles. The van der Waals surface area contributed by atoms with E-state index in [1.165, 1.54) is 12.1 Å². The van der Waals surface area contributed by atoms with E-state index in [0.717, 1.165) is 24.2 Å². The molecule has 0 N–H and O–H groups in total. The lowest BCUT2D eigenvalue weighted by Crippen LogP contribution is -2.36. The van der Waals surface area contributed by atoms with Crippen LogP contribution in [0.1, 0.15) is 29.6 Å². The van der Waals surface area contributed by atoms with Crippen LogP contribution in [0.5, 0.6) is 0 Å². The van der Waals surface area contributed by atoms with Gasteiger partial charge in [0.2, 0.25) is 11.8 Å². The smallest absolute Gasteiger partial charge is 0.233 e. The summed E-state index contributed by atoms with van der Waals surface area (Å²) in [6, 6.07) is 4.56.